The monoisotopic (exact) mass is 430 g/mol. The van der Waals surface area contributed by atoms with E-state index in [9.17, 15) is 8.42 Å². The number of hydrogen-bond acceptors (Lipinski definition) is 6. The van der Waals surface area contributed by atoms with Crippen LogP contribution >= 0.6 is 11.8 Å². The molecule has 3 aromatic rings. The molecule has 7 nitrogen and oxygen atoms in total. The van der Waals surface area contributed by atoms with Crippen molar-refractivity contribution in [2.24, 2.45) is 0 Å². The van der Waals surface area contributed by atoms with Gasteiger partial charge in [0.25, 0.3) is 0 Å². The first kappa shape index (κ1) is 20.1. The van der Waals surface area contributed by atoms with Gasteiger partial charge in [-0.3, -0.25) is 0 Å². The van der Waals surface area contributed by atoms with Crippen LogP contribution < -0.4 is 0 Å². The van der Waals surface area contributed by atoms with Gasteiger partial charge in [0.1, 0.15) is 10.7 Å². The van der Waals surface area contributed by atoms with E-state index >= 15 is 0 Å². The molecule has 0 atom stereocenters. The first-order valence-electron chi connectivity index (χ1n) is 9.33. The number of thioether (sulfide) groups is 1. The van der Waals surface area contributed by atoms with E-state index in [2.05, 4.69) is 26.7 Å². The van der Waals surface area contributed by atoms with Crippen LogP contribution in [-0.2, 0) is 27.1 Å². The molecule has 29 heavy (non-hydrogen) atoms. The number of sulfonamides is 1. The van der Waals surface area contributed by atoms with Gasteiger partial charge in [0, 0.05) is 38.2 Å². The SMILES string of the molecule is O=S(=O)(c1ccc(SCc2nccn2Cc2ccccc2)nc1)N1CCOCC1. The first-order chi connectivity index (χ1) is 14.1. The Morgan fingerprint density at radius 2 is 1.83 bits per heavy atom. The number of morpholine rings is 1. The zero-order valence-electron chi connectivity index (χ0n) is 15.8. The largest absolute Gasteiger partial charge is 0.379 e. The first-order valence-corrected chi connectivity index (χ1v) is 11.8. The molecule has 1 saturated heterocycles. The third-order valence-electron chi connectivity index (χ3n) is 4.66. The summed E-state index contributed by atoms with van der Waals surface area (Å²) in [6.45, 7) is 2.37. The van der Waals surface area contributed by atoms with E-state index in [1.165, 1.54) is 27.8 Å². The van der Waals surface area contributed by atoms with Crippen LogP contribution in [0.15, 0.2) is 71.0 Å². The molecule has 0 spiro atoms. The van der Waals surface area contributed by atoms with Crippen molar-refractivity contribution in [2.45, 2.75) is 22.2 Å². The topological polar surface area (TPSA) is 77.3 Å². The van der Waals surface area contributed by atoms with Gasteiger partial charge in [-0.1, -0.05) is 42.1 Å². The van der Waals surface area contributed by atoms with Crippen LogP contribution in [-0.4, -0.2) is 53.6 Å². The molecule has 0 amide bonds. The van der Waals surface area contributed by atoms with Crippen LogP contribution in [0.2, 0.25) is 0 Å². The molecule has 0 N–H and O–H groups in total. The number of hydrogen-bond donors (Lipinski definition) is 0. The minimum Gasteiger partial charge on any atom is -0.379 e. The zero-order chi connectivity index (χ0) is 20.1. The second-order valence-electron chi connectivity index (χ2n) is 6.59. The Bertz CT molecular complexity index is 1030. The Labute approximate surface area is 174 Å². The third-order valence-corrected chi connectivity index (χ3v) is 7.49. The lowest BCUT2D eigenvalue weighted by Crippen LogP contribution is -2.40. The van der Waals surface area contributed by atoms with Crippen LogP contribution in [0.5, 0.6) is 0 Å². The van der Waals surface area contributed by atoms with Crippen molar-refractivity contribution >= 4 is 21.8 Å². The molecule has 1 aliphatic rings. The van der Waals surface area contributed by atoms with Crippen molar-refractivity contribution in [3.63, 3.8) is 0 Å². The molecule has 1 aliphatic heterocycles. The summed E-state index contributed by atoms with van der Waals surface area (Å²) in [6, 6.07) is 13.6. The summed E-state index contributed by atoms with van der Waals surface area (Å²) in [6.07, 6.45) is 5.20. The number of ether oxygens (including phenoxy) is 1. The molecule has 0 radical (unpaired) electrons. The van der Waals surface area contributed by atoms with E-state index in [0.717, 1.165) is 17.4 Å². The van der Waals surface area contributed by atoms with E-state index < -0.39 is 10.0 Å². The zero-order valence-corrected chi connectivity index (χ0v) is 17.5. The lowest BCUT2D eigenvalue weighted by Gasteiger charge is -2.25. The highest BCUT2D eigenvalue weighted by molar-refractivity contribution is 7.98. The fraction of sp³-hybridized carbons (Fsp3) is 0.300. The van der Waals surface area contributed by atoms with Gasteiger partial charge < -0.3 is 9.30 Å². The number of benzene rings is 1. The summed E-state index contributed by atoms with van der Waals surface area (Å²) >= 11 is 1.53. The van der Waals surface area contributed by atoms with Gasteiger partial charge in [-0.25, -0.2) is 18.4 Å². The maximum Gasteiger partial charge on any atom is 0.244 e. The number of rotatable bonds is 7. The van der Waals surface area contributed by atoms with Gasteiger partial charge in [-0.2, -0.15) is 4.31 Å². The Hall–Kier alpha value is -2.20. The molecule has 152 valence electrons. The average molecular weight is 431 g/mol. The normalized spacial score (nSPS) is 15.4. The highest BCUT2D eigenvalue weighted by atomic mass is 32.2. The number of aromatic nitrogens is 3. The highest BCUT2D eigenvalue weighted by Crippen LogP contribution is 2.23. The van der Waals surface area contributed by atoms with E-state index in [4.69, 9.17) is 4.74 Å². The predicted octanol–water partition coefficient (Wildman–Crippen LogP) is 2.64. The third kappa shape index (κ3) is 4.87. The van der Waals surface area contributed by atoms with E-state index in [0.29, 0.717) is 32.1 Å². The van der Waals surface area contributed by atoms with Crippen molar-refractivity contribution in [1.82, 2.24) is 18.8 Å². The molecule has 0 bridgehead atoms. The lowest BCUT2D eigenvalue weighted by molar-refractivity contribution is 0.0730. The molecule has 0 aliphatic carbocycles. The summed E-state index contributed by atoms with van der Waals surface area (Å²) in [5.74, 6) is 1.60. The fourth-order valence-electron chi connectivity index (χ4n) is 3.08. The van der Waals surface area contributed by atoms with Crippen LogP contribution in [0, 0.1) is 0 Å². The molecule has 4 rings (SSSR count). The maximum atomic E-state index is 12.7. The second kappa shape index (κ2) is 9.08. The molecule has 2 aromatic heterocycles. The van der Waals surface area contributed by atoms with Crippen LogP contribution in [0.4, 0.5) is 0 Å². The van der Waals surface area contributed by atoms with Crippen molar-refractivity contribution < 1.29 is 13.2 Å². The Kier molecular flexibility index (Phi) is 6.29. The standard InChI is InChI=1S/C20H22N4O3S2/c25-29(26,24-10-12-27-13-11-24)18-6-7-20(22-14-18)28-16-19-21-8-9-23(19)15-17-4-2-1-3-5-17/h1-9,14H,10-13,15-16H2. The van der Waals surface area contributed by atoms with Crippen LogP contribution in [0.25, 0.3) is 0 Å². The average Bonchev–Trinajstić information content (AvgIpc) is 3.21. The lowest BCUT2D eigenvalue weighted by atomic mass is 10.2. The summed E-state index contributed by atoms with van der Waals surface area (Å²) < 4.78 is 34.1. The van der Waals surface area contributed by atoms with Gasteiger partial charge in [-0.05, 0) is 17.7 Å². The summed E-state index contributed by atoms with van der Waals surface area (Å²) in [4.78, 5) is 9.00. The quantitative estimate of drug-likeness (QED) is 0.537. The number of imidazole rings is 1. The van der Waals surface area contributed by atoms with Gasteiger partial charge in [-0.15, -0.1) is 0 Å². The van der Waals surface area contributed by atoms with Crippen LogP contribution in [0.1, 0.15) is 11.4 Å². The van der Waals surface area contributed by atoms with Crippen molar-refractivity contribution in [2.75, 3.05) is 26.3 Å². The second-order valence-corrected chi connectivity index (χ2v) is 9.53. The maximum absolute atomic E-state index is 12.7. The number of pyridine rings is 1. The highest BCUT2D eigenvalue weighted by Gasteiger charge is 2.26. The Balaban J connectivity index is 1.39. The van der Waals surface area contributed by atoms with Gasteiger partial charge in [0.2, 0.25) is 10.0 Å². The summed E-state index contributed by atoms with van der Waals surface area (Å²) in [5, 5.41) is 0.764. The van der Waals surface area contributed by atoms with Crippen molar-refractivity contribution in [1.29, 1.82) is 0 Å². The Morgan fingerprint density at radius 3 is 2.55 bits per heavy atom. The van der Waals surface area contributed by atoms with Gasteiger partial charge in [0.15, 0.2) is 0 Å². The summed E-state index contributed by atoms with van der Waals surface area (Å²) in [5.41, 5.74) is 1.22. The minimum absolute atomic E-state index is 0.217. The van der Waals surface area contributed by atoms with Crippen LogP contribution in [0.3, 0.4) is 0 Å². The van der Waals surface area contributed by atoms with Gasteiger partial charge in [0.05, 0.1) is 24.0 Å². The summed E-state index contributed by atoms with van der Waals surface area (Å²) in [7, 11) is -3.51. The van der Waals surface area contributed by atoms with Crippen molar-refractivity contribution in [3.05, 3.63) is 72.4 Å². The Morgan fingerprint density at radius 1 is 1.03 bits per heavy atom. The van der Waals surface area contributed by atoms with E-state index in [1.807, 2.05) is 24.4 Å². The molecule has 0 saturated carbocycles. The molecular weight excluding hydrogens is 408 g/mol. The molecule has 1 aromatic carbocycles. The van der Waals surface area contributed by atoms with E-state index in [-0.39, 0.29) is 4.90 Å². The van der Waals surface area contributed by atoms with E-state index in [1.54, 1.807) is 18.3 Å². The molecule has 1 fully saturated rings. The van der Waals surface area contributed by atoms with Crippen molar-refractivity contribution in [3.8, 4) is 0 Å². The number of nitrogens with zero attached hydrogens (tertiary/aromatic N) is 4. The predicted molar refractivity (Wildman–Crippen MR) is 111 cm³/mol. The molecule has 0 unspecified atom stereocenters. The minimum atomic E-state index is -3.51. The molecule has 9 heteroatoms. The molecule has 3 heterocycles. The molecular formula is C20H22N4O3S2. The van der Waals surface area contributed by atoms with Gasteiger partial charge >= 0.3 is 0 Å². The smallest absolute Gasteiger partial charge is 0.244 e. The fourth-order valence-corrected chi connectivity index (χ4v) is 5.25.